The number of anilines is 2. The molecule has 0 spiro atoms. The summed E-state index contributed by atoms with van der Waals surface area (Å²) < 4.78 is 5.09. The minimum atomic E-state index is -0.198. The Kier molecular flexibility index (Phi) is 7.05. The van der Waals surface area contributed by atoms with E-state index >= 15 is 0 Å². The maximum atomic E-state index is 12.7. The smallest absolute Gasteiger partial charge is 0.253 e. The number of methoxy groups -OCH3 is 1. The number of hydrogen-bond donors (Lipinski definition) is 2. The molecule has 0 fully saturated rings. The molecule has 0 aliphatic carbocycles. The molecule has 2 N–H and O–H groups in total. The molecule has 0 aliphatic rings. The summed E-state index contributed by atoms with van der Waals surface area (Å²) in [7, 11) is 3.50. The van der Waals surface area contributed by atoms with E-state index < -0.39 is 0 Å². The number of ether oxygens (including phenoxy) is 1. The second-order valence-electron chi connectivity index (χ2n) is 6.65. The summed E-state index contributed by atoms with van der Waals surface area (Å²) >= 11 is 0. The van der Waals surface area contributed by atoms with Crippen LogP contribution in [0.3, 0.4) is 0 Å². The quantitative estimate of drug-likeness (QED) is 0.564. The summed E-state index contributed by atoms with van der Waals surface area (Å²) in [6.07, 6.45) is 0. The Morgan fingerprint density at radius 3 is 2.07 bits per heavy atom. The van der Waals surface area contributed by atoms with Crippen molar-refractivity contribution in [1.29, 1.82) is 0 Å². The molecule has 0 atom stereocenters. The van der Waals surface area contributed by atoms with Crippen molar-refractivity contribution in [2.45, 2.75) is 0 Å². The zero-order chi connectivity index (χ0) is 21.3. The molecular formula is C24H25N3O3. The lowest BCUT2D eigenvalue weighted by molar-refractivity contribution is 0.0928. The lowest BCUT2D eigenvalue weighted by atomic mass is 10.1. The molecule has 0 heterocycles. The molecule has 0 aromatic heterocycles. The lowest BCUT2D eigenvalue weighted by Crippen LogP contribution is -2.35. The first-order chi connectivity index (χ1) is 14.6. The van der Waals surface area contributed by atoms with Gasteiger partial charge in [-0.25, -0.2) is 0 Å². The molecule has 6 heteroatoms. The molecule has 0 saturated carbocycles. The number of carbonyl (C=O) groups is 2. The predicted molar refractivity (Wildman–Crippen MR) is 119 cm³/mol. The number of rotatable bonds is 8. The topological polar surface area (TPSA) is 70.7 Å². The highest BCUT2D eigenvalue weighted by Gasteiger charge is 2.14. The summed E-state index contributed by atoms with van der Waals surface area (Å²) in [6.45, 7) is 0.650. The van der Waals surface area contributed by atoms with Crippen molar-refractivity contribution in [2.24, 2.45) is 0 Å². The second-order valence-corrected chi connectivity index (χ2v) is 6.65. The molecule has 0 unspecified atom stereocenters. The number of hydrogen-bond acceptors (Lipinski definition) is 4. The fourth-order valence-electron chi connectivity index (χ4n) is 3.04. The van der Waals surface area contributed by atoms with Gasteiger partial charge in [0.15, 0.2) is 0 Å². The van der Waals surface area contributed by atoms with Gasteiger partial charge in [-0.05, 0) is 48.5 Å². The first-order valence-corrected chi connectivity index (χ1v) is 9.68. The molecule has 0 aliphatic heterocycles. The average molecular weight is 403 g/mol. The summed E-state index contributed by atoms with van der Waals surface area (Å²) in [4.78, 5) is 26.9. The minimum Gasteiger partial charge on any atom is -0.497 e. The van der Waals surface area contributed by atoms with Gasteiger partial charge in [0.25, 0.3) is 11.8 Å². The van der Waals surface area contributed by atoms with E-state index in [1.165, 1.54) is 0 Å². The number of nitrogens with zero attached hydrogens (tertiary/aromatic N) is 1. The van der Waals surface area contributed by atoms with Crippen molar-refractivity contribution in [3.8, 4) is 5.75 Å². The Morgan fingerprint density at radius 1 is 0.800 bits per heavy atom. The van der Waals surface area contributed by atoms with Crippen LogP contribution in [0.1, 0.15) is 20.7 Å². The fraction of sp³-hybridized carbons (Fsp3) is 0.167. The van der Waals surface area contributed by atoms with Crippen LogP contribution in [-0.2, 0) is 0 Å². The van der Waals surface area contributed by atoms with E-state index in [0.29, 0.717) is 30.0 Å². The molecule has 0 bridgehead atoms. The summed E-state index contributed by atoms with van der Waals surface area (Å²) in [5.41, 5.74) is 2.91. The van der Waals surface area contributed by atoms with Crippen molar-refractivity contribution in [1.82, 2.24) is 10.6 Å². The zero-order valence-corrected chi connectivity index (χ0v) is 17.1. The van der Waals surface area contributed by atoms with Crippen LogP contribution in [0.4, 0.5) is 11.4 Å². The third-order valence-electron chi connectivity index (χ3n) is 4.70. The number of amides is 2. The second kappa shape index (κ2) is 10.1. The predicted octanol–water partition coefficient (Wildman–Crippen LogP) is 3.62. The Hall–Kier alpha value is -3.80. The van der Waals surface area contributed by atoms with Gasteiger partial charge >= 0.3 is 0 Å². The summed E-state index contributed by atoms with van der Waals surface area (Å²) in [5.74, 6) is 0.307. The number of para-hydroxylation sites is 2. The van der Waals surface area contributed by atoms with Crippen LogP contribution < -0.4 is 20.3 Å². The first-order valence-electron chi connectivity index (χ1n) is 9.68. The van der Waals surface area contributed by atoms with Gasteiger partial charge in [-0.2, -0.15) is 0 Å². The van der Waals surface area contributed by atoms with Crippen molar-refractivity contribution in [3.63, 3.8) is 0 Å². The van der Waals surface area contributed by atoms with Crippen LogP contribution >= 0.6 is 0 Å². The Morgan fingerprint density at radius 2 is 1.40 bits per heavy atom. The van der Waals surface area contributed by atoms with Crippen molar-refractivity contribution < 1.29 is 14.3 Å². The van der Waals surface area contributed by atoms with E-state index in [2.05, 4.69) is 10.6 Å². The molecule has 30 heavy (non-hydrogen) atoms. The first kappa shape index (κ1) is 20.9. The molecule has 154 valence electrons. The van der Waals surface area contributed by atoms with E-state index in [1.807, 2.05) is 60.5 Å². The number of nitrogens with one attached hydrogen (secondary N) is 2. The highest BCUT2D eigenvalue weighted by Crippen LogP contribution is 2.26. The van der Waals surface area contributed by atoms with Crippen LogP contribution in [-0.4, -0.2) is 39.1 Å². The molecule has 3 aromatic carbocycles. The molecule has 0 saturated heterocycles. The third kappa shape index (κ3) is 5.17. The van der Waals surface area contributed by atoms with Gasteiger partial charge in [-0.1, -0.05) is 30.3 Å². The van der Waals surface area contributed by atoms with Crippen LogP contribution in [0.15, 0.2) is 78.9 Å². The minimum absolute atomic E-state index is 0.188. The summed E-state index contributed by atoms with van der Waals surface area (Å²) in [6, 6.07) is 24.2. The third-order valence-corrected chi connectivity index (χ3v) is 4.70. The lowest BCUT2D eigenvalue weighted by Gasteiger charge is -2.22. The molecule has 2 amide bonds. The summed E-state index contributed by atoms with van der Waals surface area (Å²) in [5, 5.41) is 5.67. The van der Waals surface area contributed by atoms with Gasteiger partial charge < -0.3 is 20.3 Å². The van der Waals surface area contributed by atoms with Gasteiger partial charge in [0, 0.05) is 31.4 Å². The van der Waals surface area contributed by atoms with Crippen molar-refractivity contribution in [3.05, 3.63) is 90.0 Å². The Bertz CT molecular complexity index is 988. The highest BCUT2D eigenvalue weighted by molar-refractivity contribution is 6.00. The van der Waals surface area contributed by atoms with Crippen LogP contribution in [0.25, 0.3) is 0 Å². The molecule has 3 aromatic rings. The monoisotopic (exact) mass is 403 g/mol. The zero-order valence-electron chi connectivity index (χ0n) is 17.1. The van der Waals surface area contributed by atoms with E-state index in [4.69, 9.17) is 4.74 Å². The van der Waals surface area contributed by atoms with Crippen molar-refractivity contribution >= 4 is 23.2 Å². The van der Waals surface area contributed by atoms with Gasteiger partial charge in [-0.15, -0.1) is 0 Å². The van der Waals surface area contributed by atoms with Gasteiger partial charge in [0.1, 0.15) is 5.75 Å². The number of benzene rings is 3. The van der Waals surface area contributed by atoms with Crippen LogP contribution in [0.2, 0.25) is 0 Å². The van der Waals surface area contributed by atoms with Crippen LogP contribution in [0.5, 0.6) is 5.75 Å². The van der Waals surface area contributed by atoms with E-state index in [0.717, 1.165) is 11.4 Å². The standard InChI is InChI=1S/C24H25N3O3/c1-27(19-8-4-3-5-9-19)22-11-7-6-10-21(22)24(29)26-17-16-25-23(28)18-12-14-20(30-2)15-13-18/h3-15H,16-17H2,1-2H3,(H,25,28)(H,26,29). The van der Waals surface area contributed by atoms with Gasteiger partial charge in [-0.3, -0.25) is 9.59 Å². The van der Waals surface area contributed by atoms with E-state index in [-0.39, 0.29) is 11.8 Å². The maximum Gasteiger partial charge on any atom is 0.253 e. The van der Waals surface area contributed by atoms with E-state index in [1.54, 1.807) is 37.4 Å². The SMILES string of the molecule is COc1ccc(C(=O)NCCNC(=O)c2ccccc2N(C)c2ccccc2)cc1. The molecule has 6 nitrogen and oxygen atoms in total. The van der Waals surface area contributed by atoms with E-state index in [9.17, 15) is 9.59 Å². The number of carbonyl (C=O) groups excluding carboxylic acids is 2. The largest absolute Gasteiger partial charge is 0.497 e. The Balaban J connectivity index is 1.56. The molecular weight excluding hydrogens is 378 g/mol. The van der Waals surface area contributed by atoms with Crippen molar-refractivity contribution in [2.75, 3.05) is 32.1 Å². The van der Waals surface area contributed by atoms with Crippen LogP contribution in [0, 0.1) is 0 Å². The van der Waals surface area contributed by atoms with Gasteiger partial charge in [0.05, 0.1) is 18.4 Å². The fourth-order valence-corrected chi connectivity index (χ4v) is 3.04. The highest BCUT2D eigenvalue weighted by atomic mass is 16.5. The normalized spacial score (nSPS) is 10.2. The molecule has 3 rings (SSSR count). The maximum absolute atomic E-state index is 12.7. The average Bonchev–Trinajstić information content (AvgIpc) is 2.81. The van der Waals surface area contributed by atoms with Gasteiger partial charge in [0.2, 0.25) is 0 Å². The Labute approximate surface area is 176 Å². The molecule has 0 radical (unpaired) electrons.